The van der Waals surface area contributed by atoms with Crippen molar-refractivity contribution >= 4 is 38.9 Å². The fourth-order valence-corrected chi connectivity index (χ4v) is 2.09. The van der Waals surface area contributed by atoms with Gasteiger partial charge in [0.15, 0.2) is 0 Å². The van der Waals surface area contributed by atoms with Gasteiger partial charge >= 0.3 is 0 Å². The van der Waals surface area contributed by atoms with Crippen LogP contribution >= 0.6 is 15.9 Å². The number of nitrogens with two attached hydrogens (primary N) is 1. The van der Waals surface area contributed by atoms with Crippen LogP contribution in [0.1, 0.15) is 6.92 Å². The van der Waals surface area contributed by atoms with Gasteiger partial charge in [-0.15, -0.1) is 0 Å². The average Bonchev–Trinajstić information content (AvgIpc) is 2.42. The number of hydrogen-bond donors (Lipinski definition) is 3. The zero-order valence-electron chi connectivity index (χ0n) is 11.2. The van der Waals surface area contributed by atoms with Crippen molar-refractivity contribution in [1.82, 2.24) is 4.98 Å². The second kappa shape index (κ2) is 6.64. The van der Waals surface area contributed by atoms with E-state index in [1.54, 1.807) is 25.1 Å². The summed E-state index contributed by atoms with van der Waals surface area (Å²) in [5.41, 5.74) is 7.15. The molecule has 5 nitrogen and oxygen atoms in total. The Hall–Kier alpha value is -1.99. The quantitative estimate of drug-likeness (QED) is 0.790. The molecule has 2 aromatic rings. The summed E-state index contributed by atoms with van der Waals surface area (Å²) in [6.45, 7) is 1.59. The topological polar surface area (TPSA) is 80.0 Å². The predicted octanol–water partition coefficient (Wildman–Crippen LogP) is 3.01. The van der Waals surface area contributed by atoms with Crippen LogP contribution in [0.15, 0.2) is 41.1 Å². The van der Waals surface area contributed by atoms with E-state index in [4.69, 9.17) is 5.73 Å². The molecule has 0 aliphatic heterocycles. The molecule has 0 saturated carbocycles. The van der Waals surface area contributed by atoms with E-state index < -0.39 is 11.9 Å². The molecule has 1 amide bonds. The van der Waals surface area contributed by atoms with Crippen molar-refractivity contribution in [2.75, 3.05) is 10.6 Å². The number of pyridine rings is 1. The highest BCUT2D eigenvalue weighted by molar-refractivity contribution is 9.10. The van der Waals surface area contributed by atoms with Gasteiger partial charge in [0.05, 0.1) is 35.5 Å². The van der Waals surface area contributed by atoms with Crippen LogP contribution in [0.3, 0.4) is 0 Å². The summed E-state index contributed by atoms with van der Waals surface area (Å²) in [5, 5.41) is 5.74. The first-order valence-corrected chi connectivity index (χ1v) is 6.99. The van der Waals surface area contributed by atoms with Gasteiger partial charge < -0.3 is 16.4 Å². The van der Waals surface area contributed by atoms with E-state index in [0.717, 1.165) is 6.20 Å². The molecule has 110 valence electrons. The van der Waals surface area contributed by atoms with Crippen LogP contribution in [0.4, 0.5) is 21.5 Å². The van der Waals surface area contributed by atoms with Crippen LogP contribution in [-0.2, 0) is 4.79 Å². The molecule has 0 radical (unpaired) electrons. The van der Waals surface area contributed by atoms with Crippen molar-refractivity contribution in [2.45, 2.75) is 13.0 Å². The predicted molar refractivity (Wildman–Crippen MR) is 83.9 cm³/mol. The second-order valence-corrected chi connectivity index (χ2v) is 5.31. The summed E-state index contributed by atoms with van der Waals surface area (Å²) < 4.78 is 13.9. The van der Waals surface area contributed by atoms with Gasteiger partial charge in [0.25, 0.3) is 0 Å². The monoisotopic (exact) mass is 352 g/mol. The Labute approximate surface area is 129 Å². The normalized spacial score (nSPS) is 11.8. The van der Waals surface area contributed by atoms with Gasteiger partial charge in [-0.25, -0.2) is 4.39 Å². The lowest BCUT2D eigenvalue weighted by molar-refractivity contribution is -0.117. The number of carbonyl (C=O) groups is 1. The van der Waals surface area contributed by atoms with Crippen molar-refractivity contribution in [1.29, 1.82) is 0 Å². The SMILES string of the molecule is C[C@H](N)C(=O)Nc1cccc(Br)c1Nc1cncc(F)c1. The molecule has 0 aliphatic carbocycles. The average molecular weight is 353 g/mol. The Kier molecular flexibility index (Phi) is 4.87. The summed E-state index contributed by atoms with van der Waals surface area (Å²) in [4.78, 5) is 15.5. The number of amides is 1. The molecule has 7 heteroatoms. The summed E-state index contributed by atoms with van der Waals surface area (Å²) in [7, 11) is 0. The number of carbonyl (C=O) groups excluding carboxylic acids is 1. The Balaban J connectivity index is 2.31. The minimum Gasteiger partial charge on any atom is -0.352 e. The van der Waals surface area contributed by atoms with Gasteiger partial charge in [-0.2, -0.15) is 0 Å². The first kappa shape index (κ1) is 15.4. The van der Waals surface area contributed by atoms with Gasteiger partial charge in [-0.3, -0.25) is 9.78 Å². The van der Waals surface area contributed by atoms with E-state index in [0.29, 0.717) is 21.5 Å². The molecule has 0 unspecified atom stereocenters. The van der Waals surface area contributed by atoms with Gasteiger partial charge in [0.2, 0.25) is 5.91 Å². The van der Waals surface area contributed by atoms with Crippen LogP contribution in [0.25, 0.3) is 0 Å². The number of para-hydroxylation sites is 1. The largest absolute Gasteiger partial charge is 0.352 e. The van der Waals surface area contributed by atoms with Gasteiger partial charge in [-0.1, -0.05) is 6.07 Å². The van der Waals surface area contributed by atoms with E-state index in [2.05, 4.69) is 31.5 Å². The molecular weight excluding hydrogens is 339 g/mol. The van der Waals surface area contributed by atoms with E-state index in [1.807, 2.05) is 0 Å². The Morgan fingerprint density at radius 3 is 2.86 bits per heavy atom. The maximum absolute atomic E-state index is 13.2. The molecule has 1 atom stereocenters. The number of nitrogens with zero attached hydrogens (tertiary/aromatic N) is 1. The smallest absolute Gasteiger partial charge is 0.241 e. The molecule has 1 aromatic carbocycles. The molecule has 1 aromatic heterocycles. The number of hydrogen-bond acceptors (Lipinski definition) is 4. The standard InChI is InChI=1S/C14H14BrFN4O/c1-8(17)14(21)20-12-4-2-3-11(15)13(12)19-10-5-9(16)6-18-7-10/h2-8,19H,17H2,1H3,(H,20,21)/t8-/m0/s1. The summed E-state index contributed by atoms with van der Waals surface area (Å²) >= 11 is 3.39. The first-order valence-electron chi connectivity index (χ1n) is 6.20. The Bertz CT molecular complexity index is 663. The minimum atomic E-state index is -0.632. The van der Waals surface area contributed by atoms with Crippen molar-refractivity contribution < 1.29 is 9.18 Å². The van der Waals surface area contributed by atoms with Crippen molar-refractivity contribution in [3.63, 3.8) is 0 Å². The zero-order valence-corrected chi connectivity index (χ0v) is 12.8. The van der Waals surface area contributed by atoms with Crippen LogP contribution in [0, 0.1) is 5.82 Å². The molecule has 4 N–H and O–H groups in total. The van der Waals surface area contributed by atoms with Crippen LogP contribution in [0.2, 0.25) is 0 Å². The van der Waals surface area contributed by atoms with Crippen LogP contribution < -0.4 is 16.4 Å². The summed E-state index contributed by atoms with van der Waals surface area (Å²) in [6, 6.07) is 5.98. The van der Waals surface area contributed by atoms with Gasteiger partial charge in [-0.05, 0) is 35.0 Å². The van der Waals surface area contributed by atoms with Crippen LogP contribution in [-0.4, -0.2) is 16.9 Å². The van der Waals surface area contributed by atoms with Gasteiger partial charge in [0, 0.05) is 10.5 Å². The molecule has 2 rings (SSSR count). The molecule has 21 heavy (non-hydrogen) atoms. The lowest BCUT2D eigenvalue weighted by Crippen LogP contribution is -2.32. The van der Waals surface area contributed by atoms with Crippen LogP contribution in [0.5, 0.6) is 0 Å². The Morgan fingerprint density at radius 2 is 2.19 bits per heavy atom. The first-order chi connectivity index (χ1) is 9.97. The zero-order chi connectivity index (χ0) is 15.4. The second-order valence-electron chi connectivity index (χ2n) is 4.46. The maximum Gasteiger partial charge on any atom is 0.241 e. The lowest BCUT2D eigenvalue weighted by Gasteiger charge is -2.15. The Morgan fingerprint density at radius 1 is 1.43 bits per heavy atom. The number of benzene rings is 1. The number of rotatable bonds is 4. The number of nitrogens with one attached hydrogen (secondary N) is 2. The molecule has 0 spiro atoms. The van der Waals surface area contributed by atoms with E-state index >= 15 is 0 Å². The fourth-order valence-electron chi connectivity index (χ4n) is 1.63. The molecule has 0 bridgehead atoms. The van der Waals surface area contributed by atoms with E-state index in [1.165, 1.54) is 12.3 Å². The highest BCUT2D eigenvalue weighted by Gasteiger charge is 2.13. The number of aromatic nitrogens is 1. The summed E-state index contributed by atoms with van der Waals surface area (Å²) in [6.07, 6.45) is 2.60. The fraction of sp³-hybridized carbons (Fsp3) is 0.143. The third-order valence-electron chi connectivity index (χ3n) is 2.66. The van der Waals surface area contributed by atoms with Crippen molar-refractivity contribution in [3.8, 4) is 0 Å². The number of halogens is 2. The highest BCUT2D eigenvalue weighted by atomic mass is 79.9. The third-order valence-corrected chi connectivity index (χ3v) is 3.32. The molecule has 0 saturated heterocycles. The maximum atomic E-state index is 13.2. The van der Waals surface area contributed by atoms with E-state index in [9.17, 15) is 9.18 Å². The molecular formula is C14H14BrFN4O. The minimum absolute atomic E-state index is 0.312. The molecule has 1 heterocycles. The molecule has 0 aliphatic rings. The number of anilines is 3. The lowest BCUT2D eigenvalue weighted by atomic mass is 10.2. The third kappa shape index (κ3) is 3.99. The van der Waals surface area contributed by atoms with Gasteiger partial charge in [0.1, 0.15) is 5.82 Å². The highest BCUT2D eigenvalue weighted by Crippen LogP contribution is 2.33. The molecule has 0 fully saturated rings. The van der Waals surface area contributed by atoms with Crippen molar-refractivity contribution in [3.05, 3.63) is 46.9 Å². The van der Waals surface area contributed by atoms with Crippen molar-refractivity contribution in [2.24, 2.45) is 5.73 Å². The van der Waals surface area contributed by atoms with E-state index in [-0.39, 0.29) is 5.91 Å². The summed E-state index contributed by atoms with van der Waals surface area (Å²) in [5.74, 6) is -0.762.